The Morgan fingerprint density at radius 1 is 1.06 bits per heavy atom. The molecule has 1 aliphatic carbocycles. The van der Waals surface area contributed by atoms with E-state index in [1.165, 1.54) is 36.1 Å². The number of nitrogens with zero attached hydrogens (tertiary/aromatic N) is 1. The molecule has 0 saturated heterocycles. The highest BCUT2D eigenvalue weighted by atomic mass is 32.2. The average molecular weight is 245 g/mol. The van der Waals surface area contributed by atoms with Crippen LogP contribution in [-0.2, 0) is 0 Å². The molecule has 1 aromatic rings. The Kier molecular flexibility index (Phi) is 4.12. The molecule has 1 aliphatic rings. The van der Waals surface area contributed by atoms with Crippen LogP contribution in [0, 0.1) is 18.3 Å². The first-order valence-electron chi connectivity index (χ1n) is 6.41. The Morgan fingerprint density at radius 3 is 2.18 bits per heavy atom. The van der Waals surface area contributed by atoms with Crippen molar-refractivity contribution >= 4 is 11.8 Å². The number of rotatable bonds is 2. The van der Waals surface area contributed by atoms with Crippen LogP contribution in [-0.4, -0.2) is 4.75 Å². The van der Waals surface area contributed by atoms with Gasteiger partial charge in [0.15, 0.2) is 0 Å². The van der Waals surface area contributed by atoms with E-state index >= 15 is 0 Å². The third-order valence-corrected chi connectivity index (χ3v) is 4.85. The van der Waals surface area contributed by atoms with E-state index in [0.717, 1.165) is 12.8 Å². The van der Waals surface area contributed by atoms with E-state index in [9.17, 15) is 5.26 Å². The van der Waals surface area contributed by atoms with Gasteiger partial charge >= 0.3 is 0 Å². The molecule has 0 bridgehead atoms. The van der Waals surface area contributed by atoms with Gasteiger partial charge in [0.05, 0.1) is 6.07 Å². The minimum absolute atomic E-state index is 0.175. The first-order valence-corrected chi connectivity index (χ1v) is 7.23. The molecule has 1 saturated carbocycles. The summed E-state index contributed by atoms with van der Waals surface area (Å²) in [5, 5.41) is 9.51. The molecule has 1 fully saturated rings. The topological polar surface area (TPSA) is 23.8 Å². The third kappa shape index (κ3) is 3.26. The summed E-state index contributed by atoms with van der Waals surface area (Å²) in [5.74, 6) is 0. The fourth-order valence-corrected chi connectivity index (χ4v) is 3.63. The van der Waals surface area contributed by atoms with Gasteiger partial charge in [-0.1, -0.05) is 43.4 Å². The molecule has 0 N–H and O–H groups in total. The van der Waals surface area contributed by atoms with Crippen LogP contribution in [0.5, 0.6) is 0 Å². The highest BCUT2D eigenvalue weighted by molar-refractivity contribution is 8.01. The van der Waals surface area contributed by atoms with Gasteiger partial charge in [-0.25, -0.2) is 0 Å². The van der Waals surface area contributed by atoms with Crippen LogP contribution in [0.15, 0.2) is 29.2 Å². The summed E-state index contributed by atoms with van der Waals surface area (Å²) in [7, 11) is 0. The number of benzene rings is 1. The van der Waals surface area contributed by atoms with E-state index in [1.807, 2.05) is 0 Å². The number of hydrogen-bond donors (Lipinski definition) is 0. The molecule has 0 heterocycles. The molecule has 0 spiro atoms. The summed E-state index contributed by atoms with van der Waals surface area (Å²) in [6.07, 6.45) is 7.07. The van der Waals surface area contributed by atoms with Gasteiger partial charge in [0.1, 0.15) is 4.75 Å². The van der Waals surface area contributed by atoms with E-state index in [0.29, 0.717) is 0 Å². The Labute approximate surface area is 108 Å². The van der Waals surface area contributed by atoms with Gasteiger partial charge in [0.2, 0.25) is 0 Å². The number of hydrogen-bond acceptors (Lipinski definition) is 2. The second-order valence-corrected chi connectivity index (χ2v) is 6.39. The SMILES string of the molecule is Cc1ccc(SC2(C#N)CCCCCC2)cc1. The van der Waals surface area contributed by atoms with Crippen LogP contribution in [0.25, 0.3) is 0 Å². The molecule has 0 atom stereocenters. The van der Waals surface area contributed by atoms with Crippen LogP contribution in [0.1, 0.15) is 44.1 Å². The molecule has 0 amide bonds. The van der Waals surface area contributed by atoms with E-state index in [4.69, 9.17) is 0 Å². The van der Waals surface area contributed by atoms with Gasteiger partial charge in [-0.05, 0) is 31.9 Å². The van der Waals surface area contributed by atoms with Gasteiger partial charge in [-0.15, -0.1) is 11.8 Å². The van der Waals surface area contributed by atoms with Crippen LogP contribution in [0.2, 0.25) is 0 Å². The van der Waals surface area contributed by atoms with Crippen LogP contribution < -0.4 is 0 Å². The predicted molar refractivity (Wildman–Crippen MR) is 73.1 cm³/mol. The van der Waals surface area contributed by atoms with Crippen LogP contribution in [0.3, 0.4) is 0 Å². The Morgan fingerprint density at radius 2 is 1.65 bits per heavy atom. The van der Waals surface area contributed by atoms with Crippen LogP contribution >= 0.6 is 11.8 Å². The second kappa shape index (κ2) is 5.60. The van der Waals surface area contributed by atoms with Crippen molar-refractivity contribution in [2.75, 3.05) is 0 Å². The maximum absolute atomic E-state index is 9.51. The highest BCUT2D eigenvalue weighted by Crippen LogP contribution is 2.42. The average Bonchev–Trinajstić information content (AvgIpc) is 2.58. The van der Waals surface area contributed by atoms with Crippen molar-refractivity contribution in [1.82, 2.24) is 0 Å². The first-order chi connectivity index (χ1) is 8.24. The number of thioether (sulfide) groups is 1. The van der Waals surface area contributed by atoms with Gasteiger partial charge in [-0.3, -0.25) is 0 Å². The predicted octanol–water partition coefficient (Wildman–Crippen LogP) is 4.70. The lowest BCUT2D eigenvalue weighted by molar-refractivity contribution is 0.618. The normalized spacial score (nSPS) is 19.3. The Balaban J connectivity index is 2.13. The summed E-state index contributed by atoms with van der Waals surface area (Å²) < 4.78 is -0.175. The molecule has 17 heavy (non-hydrogen) atoms. The van der Waals surface area contributed by atoms with Crippen molar-refractivity contribution in [3.05, 3.63) is 29.8 Å². The fourth-order valence-electron chi connectivity index (χ4n) is 2.37. The van der Waals surface area contributed by atoms with E-state index in [2.05, 4.69) is 37.3 Å². The standard InChI is InChI=1S/C15H19NS/c1-13-6-8-14(9-7-13)17-15(12-16)10-4-2-3-5-11-15/h6-9H,2-5,10-11H2,1H3. The van der Waals surface area contributed by atoms with E-state index < -0.39 is 0 Å². The second-order valence-electron chi connectivity index (χ2n) is 4.94. The molecule has 0 radical (unpaired) electrons. The molecule has 0 unspecified atom stereocenters. The molecule has 1 aromatic carbocycles. The van der Waals surface area contributed by atoms with Crippen molar-refractivity contribution in [2.24, 2.45) is 0 Å². The van der Waals surface area contributed by atoms with Gasteiger partial charge in [0, 0.05) is 4.90 Å². The summed E-state index contributed by atoms with van der Waals surface area (Å²) in [6, 6.07) is 11.1. The minimum atomic E-state index is -0.175. The maximum atomic E-state index is 9.51. The monoisotopic (exact) mass is 245 g/mol. The molecule has 0 aliphatic heterocycles. The van der Waals surface area contributed by atoms with E-state index in [1.54, 1.807) is 11.8 Å². The van der Waals surface area contributed by atoms with Crippen molar-refractivity contribution in [3.63, 3.8) is 0 Å². The van der Waals surface area contributed by atoms with Gasteiger partial charge in [0.25, 0.3) is 0 Å². The first kappa shape index (κ1) is 12.5. The highest BCUT2D eigenvalue weighted by Gasteiger charge is 2.31. The molecule has 2 rings (SSSR count). The zero-order valence-corrected chi connectivity index (χ0v) is 11.2. The van der Waals surface area contributed by atoms with Gasteiger partial charge in [-0.2, -0.15) is 5.26 Å². The maximum Gasteiger partial charge on any atom is 0.107 e. The number of nitriles is 1. The molecule has 0 aromatic heterocycles. The van der Waals surface area contributed by atoms with E-state index in [-0.39, 0.29) is 4.75 Å². The molecule has 90 valence electrons. The zero-order valence-electron chi connectivity index (χ0n) is 10.4. The molecular formula is C15H19NS. The summed E-state index contributed by atoms with van der Waals surface area (Å²) in [5.41, 5.74) is 1.28. The summed E-state index contributed by atoms with van der Waals surface area (Å²) in [4.78, 5) is 1.24. The van der Waals surface area contributed by atoms with Crippen molar-refractivity contribution in [1.29, 1.82) is 5.26 Å². The smallest absolute Gasteiger partial charge is 0.107 e. The lowest BCUT2D eigenvalue weighted by Crippen LogP contribution is -2.20. The third-order valence-electron chi connectivity index (χ3n) is 3.45. The number of aryl methyl sites for hydroxylation is 1. The zero-order chi connectivity index (χ0) is 12.1. The lowest BCUT2D eigenvalue weighted by atomic mass is 10.0. The van der Waals surface area contributed by atoms with Crippen molar-refractivity contribution in [2.45, 2.75) is 55.1 Å². The lowest BCUT2D eigenvalue weighted by Gasteiger charge is -2.24. The molecule has 1 nitrogen and oxygen atoms in total. The van der Waals surface area contributed by atoms with Crippen molar-refractivity contribution in [3.8, 4) is 6.07 Å². The summed E-state index contributed by atoms with van der Waals surface area (Å²) in [6.45, 7) is 2.10. The minimum Gasteiger partial charge on any atom is -0.197 e. The summed E-state index contributed by atoms with van der Waals surface area (Å²) >= 11 is 1.77. The van der Waals surface area contributed by atoms with Crippen molar-refractivity contribution < 1.29 is 0 Å². The quantitative estimate of drug-likeness (QED) is 0.705. The largest absolute Gasteiger partial charge is 0.197 e. The van der Waals surface area contributed by atoms with Crippen LogP contribution in [0.4, 0.5) is 0 Å². The Hall–Kier alpha value is -0.940. The molecule has 2 heteroatoms. The Bertz CT molecular complexity index is 394. The fraction of sp³-hybridized carbons (Fsp3) is 0.533. The van der Waals surface area contributed by atoms with Gasteiger partial charge < -0.3 is 0 Å². The molecular weight excluding hydrogens is 226 g/mol.